The van der Waals surface area contributed by atoms with Gasteiger partial charge in [0.25, 0.3) is 0 Å². The molecule has 1 aliphatic heterocycles. The monoisotopic (exact) mass is 231 g/mol. The Morgan fingerprint density at radius 2 is 2.19 bits per heavy atom. The van der Waals surface area contributed by atoms with Crippen molar-refractivity contribution in [2.75, 3.05) is 0 Å². The second-order valence-electron chi connectivity index (χ2n) is 4.27. The van der Waals surface area contributed by atoms with Crippen molar-refractivity contribution in [1.82, 2.24) is 0 Å². The van der Waals surface area contributed by atoms with Crippen LogP contribution in [-0.4, -0.2) is 5.71 Å². The molecule has 0 bridgehead atoms. The summed E-state index contributed by atoms with van der Waals surface area (Å²) in [6.45, 7) is 8.46. The van der Waals surface area contributed by atoms with E-state index in [1.807, 2.05) is 0 Å². The van der Waals surface area contributed by atoms with Crippen molar-refractivity contribution in [2.24, 2.45) is 4.99 Å². The van der Waals surface area contributed by atoms with Crippen LogP contribution in [-0.2, 0) is 0 Å². The lowest BCUT2D eigenvalue weighted by molar-refractivity contribution is 0.955. The minimum absolute atomic E-state index is 0.239. The van der Waals surface area contributed by atoms with E-state index in [-0.39, 0.29) is 6.04 Å². The zero-order chi connectivity index (χ0) is 11.7. The number of hydrogen-bond acceptors (Lipinski definition) is 2. The van der Waals surface area contributed by atoms with Crippen molar-refractivity contribution < 1.29 is 0 Å². The van der Waals surface area contributed by atoms with Crippen LogP contribution in [0.1, 0.15) is 37.3 Å². The van der Waals surface area contributed by atoms with E-state index >= 15 is 0 Å². The summed E-state index contributed by atoms with van der Waals surface area (Å²) in [6, 6.07) is 2.47. The van der Waals surface area contributed by atoms with Gasteiger partial charge in [-0.25, -0.2) is 0 Å². The SMILES string of the molecule is C/C=C(/C)C1=NC(c2cc(C)cs2)C=C1C. The highest BCUT2D eigenvalue weighted by Crippen LogP contribution is 2.32. The van der Waals surface area contributed by atoms with Crippen LogP contribution in [0.3, 0.4) is 0 Å². The van der Waals surface area contributed by atoms with E-state index in [9.17, 15) is 0 Å². The van der Waals surface area contributed by atoms with Crippen LogP contribution in [0, 0.1) is 6.92 Å². The number of aliphatic imine (C=N–C) groups is 1. The largest absolute Gasteiger partial charge is 0.272 e. The molecule has 0 N–H and O–H groups in total. The Morgan fingerprint density at radius 1 is 1.44 bits per heavy atom. The fourth-order valence-corrected chi connectivity index (χ4v) is 2.80. The normalized spacial score (nSPS) is 21.0. The minimum atomic E-state index is 0.239. The first kappa shape index (κ1) is 11.3. The van der Waals surface area contributed by atoms with Gasteiger partial charge in [-0.1, -0.05) is 6.08 Å². The molecule has 0 saturated heterocycles. The van der Waals surface area contributed by atoms with E-state index in [0.717, 1.165) is 0 Å². The molecule has 0 amide bonds. The molecular formula is C14H17NS. The summed E-state index contributed by atoms with van der Waals surface area (Å²) in [7, 11) is 0. The Labute approximate surface area is 101 Å². The van der Waals surface area contributed by atoms with E-state index in [1.54, 1.807) is 11.3 Å². The number of allylic oxidation sites excluding steroid dienone is 3. The van der Waals surface area contributed by atoms with E-state index in [0.29, 0.717) is 0 Å². The molecule has 1 atom stereocenters. The minimum Gasteiger partial charge on any atom is -0.272 e. The van der Waals surface area contributed by atoms with Crippen LogP contribution >= 0.6 is 11.3 Å². The lowest BCUT2D eigenvalue weighted by Crippen LogP contribution is -1.97. The van der Waals surface area contributed by atoms with Gasteiger partial charge in [0.15, 0.2) is 0 Å². The van der Waals surface area contributed by atoms with E-state index < -0.39 is 0 Å². The van der Waals surface area contributed by atoms with Gasteiger partial charge in [-0.15, -0.1) is 11.3 Å². The third-order valence-electron chi connectivity index (χ3n) is 2.90. The van der Waals surface area contributed by atoms with Crippen molar-refractivity contribution >= 4 is 17.0 Å². The van der Waals surface area contributed by atoms with Crippen LogP contribution in [0.5, 0.6) is 0 Å². The molecule has 0 spiro atoms. The third kappa shape index (κ3) is 2.03. The Kier molecular flexibility index (Phi) is 3.10. The standard InChI is InChI=1S/C14H17NS/c1-5-10(3)14-11(4)7-12(15-14)13-6-9(2)8-16-13/h5-8,12H,1-4H3/b10-5-. The van der Waals surface area contributed by atoms with Gasteiger partial charge < -0.3 is 0 Å². The Balaban J connectivity index is 2.32. The van der Waals surface area contributed by atoms with Crippen LogP contribution in [0.15, 0.2) is 39.7 Å². The molecule has 2 heterocycles. The molecule has 84 valence electrons. The van der Waals surface area contributed by atoms with Crippen molar-refractivity contribution in [2.45, 2.75) is 33.7 Å². The molecule has 0 aromatic carbocycles. The summed E-state index contributed by atoms with van der Waals surface area (Å²) >= 11 is 1.80. The van der Waals surface area contributed by atoms with Gasteiger partial charge in [-0.2, -0.15) is 0 Å². The third-order valence-corrected chi connectivity index (χ3v) is 4.02. The molecule has 2 heteroatoms. The smallest absolute Gasteiger partial charge is 0.104 e. The molecule has 16 heavy (non-hydrogen) atoms. The summed E-state index contributed by atoms with van der Waals surface area (Å²) in [5.74, 6) is 0. The number of aryl methyl sites for hydroxylation is 1. The molecule has 1 aromatic rings. The lowest BCUT2D eigenvalue weighted by Gasteiger charge is -2.02. The second kappa shape index (κ2) is 4.38. The van der Waals surface area contributed by atoms with Gasteiger partial charge in [0.1, 0.15) is 6.04 Å². The van der Waals surface area contributed by atoms with Crippen molar-refractivity contribution in [3.63, 3.8) is 0 Å². The molecule has 0 aliphatic carbocycles. The molecule has 1 aromatic heterocycles. The number of hydrogen-bond donors (Lipinski definition) is 0. The fraction of sp³-hybridized carbons (Fsp3) is 0.357. The van der Waals surface area contributed by atoms with Crippen molar-refractivity contribution in [1.29, 1.82) is 0 Å². The molecule has 0 fully saturated rings. The summed E-state index contributed by atoms with van der Waals surface area (Å²) in [5, 5.41) is 2.19. The van der Waals surface area contributed by atoms with E-state index in [1.165, 1.54) is 27.3 Å². The van der Waals surface area contributed by atoms with Gasteiger partial charge in [0.05, 0.1) is 5.71 Å². The summed E-state index contributed by atoms with van der Waals surface area (Å²) < 4.78 is 0. The number of thiophene rings is 1. The summed E-state index contributed by atoms with van der Waals surface area (Å²) in [5.41, 5.74) is 5.06. The first-order valence-corrected chi connectivity index (χ1v) is 6.44. The first-order valence-electron chi connectivity index (χ1n) is 5.56. The van der Waals surface area contributed by atoms with Gasteiger partial charge in [0, 0.05) is 4.88 Å². The Morgan fingerprint density at radius 3 is 2.75 bits per heavy atom. The molecular weight excluding hydrogens is 214 g/mol. The summed E-state index contributed by atoms with van der Waals surface area (Å²) in [4.78, 5) is 6.13. The van der Waals surface area contributed by atoms with Crippen LogP contribution in [0.25, 0.3) is 0 Å². The van der Waals surface area contributed by atoms with Crippen molar-refractivity contribution in [3.05, 3.63) is 45.2 Å². The molecule has 1 nitrogen and oxygen atoms in total. The molecule has 0 saturated carbocycles. The van der Waals surface area contributed by atoms with Crippen LogP contribution in [0.4, 0.5) is 0 Å². The number of rotatable bonds is 2. The van der Waals surface area contributed by atoms with Crippen LogP contribution < -0.4 is 0 Å². The van der Waals surface area contributed by atoms with Crippen molar-refractivity contribution in [3.8, 4) is 0 Å². The Hall–Kier alpha value is -1.15. The first-order chi connectivity index (χ1) is 7.61. The molecule has 1 aliphatic rings. The predicted octanol–water partition coefficient (Wildman–Crippen LogP) is 4.46. The maximum absolute atomic E-state index is 4.79. The molecule has 0 radical (unpaired) electrons. The average Bonchev–Trinajstić information content (AvgIpc) is 2.83. The highest BCUT2D eigenvalue weighted by Gasteiger charge is 2.19. The second-order valence-corrected chi connectivity index (χ2v) is 5.21. The van der Waals surface area contributed by atoms with Gasteiger partial charge >= 0.3 is 0 Å². The average molecular weight is 231 g/mol. The lowest BCUT2D eigenvalue weighted by atomic mass is 10.1. The van der Waals surface area contributed by atoms with Gasteiger partial charge in [-0.05, 0) is 61.9 Å². The predicted molar refractivity (Wildman–Crippen MR) is 72.4 cm³/mol. The number of nitrogens with zero attached hydrogens (tertiary/aromatic N) is 1. The Bertz CT molecular complexity index is 489. The zero-order valence-corrected chi connectivity index (χ0v) is 11.1. The fourth-order valence-electron chi connectivity index (χ4n) is 1.90. The maximum atomic E-state index is 4.79. The van der Waals surface area contributed by atoms with E-state index in [4.69, 9.17) is 4.99 Å². The zero-order valence-electron chi connectivity index (χ0n) is 10.2. The highest BCUT2D eigenvalue weighted by molar-refractivity contribution is 7.10. The topological polar surface area (TPSA) is 12.4 Å². The highest BCUT2D eigenvalue weighted by atomic mass is 32.1. The summed E-state index contributed by atoms with van der Waals surface area (Å²) in [6.07, 6.45) is 4.38. The van der Waals surface area contributed by atoms with Gasteiger partial charge in [0.2, 0.25) is 0 Å². The maximum Gasteiger partial charge on any atom is 0.104 e. The quantitative estimate of drug-likeness (QED) is 0.712. The molecule has 2 rings (SSSR count). The van der Waals surface area contributed by atoms with Gasteiger partial charge in [-0.3, -0.25) is 4.99 Å². The molecule has 1 unspecified atom stereocenters. The van der Waals surface area contributed by atoms with E-state index in [2.05, 4.69) is 51.3 Å². The van der Waals surface area contributed by atoms with Crippen LogP contribution in [0.2, 0.25) is 0 Å².